The predicted molar refractivity (Wildman–Crippen MR) is 76.5 cm³/mol. The van der Waals surface area contributed by atoms with Gasteiger partial charge in [-0.25, -0.2) is 4.79 Å². The number of hydrogen-bond donors (Lipinski definition) is 0. The van der Waals surface area contributed by atoms with Gasteiger partial charge in [0.2, 0.25) is 0 Å². The van der Waals surface area contributed by atoms with Crippen molar-refractivity contribution in [2.24, 2.45) is 0 Å². The number of ether oxygens (including phenoxy) is 2. The molecule has 0 saturated carbocycles. The molecule has 19 heavy (non-hydrogen) atoms. The molecule has 0 aliphatic rings. The molecular formula is C16H24O3. The molecule has 0 heterocycles. The van der Waals surface area contributed by atoms with E-state index in [2.05, 4.69) is 6.92 Å². The van der Waals surface area contributed by atoms with Crippen LogP contribution in [0.3, 0.4) is 0 Å². The first-order valence-electron chi connectivity index (χ1n) is 7.13. The van der Waals surface area contributed by atoms with E-state index in [4.69, 9.17) is 9.47 Å². The molecule has 0 atom stereocenters. The minimum Gasteiger partial charge on any atom is -0.434 e. The Balaban J connectivity index is 2.06. The summed E-state index contributed by atoms with van der Waals surface area (Å²) in [7, 11) is 0. The monoisotopic (exact) mass is 264 g/mol. The van der Waals surface area contributed by atoms with Crippen LogP contribution in [0.25, 0.3) is 0 Å². The van der Waals surface area contributed by atoms with E-state index in [0.717, 1.165) is 18.4 Å². The van der Waals surface area contributed by atoms with E-state index < -0.39 is 6.16 Å². The van der Waals surface area contributed by atoms with E-state index in [-0.39, 0.29) is 0 Å². The van der Waals surface area contributed by atoms with Crippen LogP contribution in [-0.2, 0) is 4.74 Å². The van der Waals surface area contributed by atoms with Crippen molar-refractivity contribution in [1.29, 1.82) is 0 Å². The molecule has 0 saturated heterocycles. The third-order valence-electron chi connectivity index (χ3n) is 2.94. The van der Waals surface area contributed by atoms with Gasteiger partial charge in [0.25, 0.3) is 0 Å². The first kappa shape index (κ1) is 15.5. The number of aryl methyl sites for hydroxylation is 1. The Kier molecular flexibility index (Phi) is 7.71. The lowest BCUT2D eigenvalue weighted by Gasteiger charge is -2.06. The zero-order valence-electron chi connectivity index (χ0n) is 12.0. The number of carbonyl (C=O) groups is 1. The second-order valence-corrected chi connectivity index (χ2v) is 4.78. The highest BCUT2D eigenvalue weighted by Crippen LogP contribution is 2.12. The van der Waals surface area contributed by atoms with Crippen LogP contribution in [0.5, 0.6) is 5.75 Å². The van der Waals surface area contributed by atoms with Crippen molar-refractivity contribution in [2.45, 2.75) is 52.4 Å². The van der Waals surface area contributed by atoms with Crippen LogP contribution < -0.4 is 4.74 Å². The molecule has 0 N–H and O–H groups in total. The Morgan fingerprint density at radius 2 is 1.63 bits per heavy atom. The maximum atomic E-state index is 11.4. The van der Waals surface area contributed by atoms with Crippen molar-refractivity contribution in [1.82, 2.24) is 0 Å². The molecule has 1 aromatic carbocycles. The van der Waals surface area contributed by atoms with Crippen molar-refractivity contribution < 1.29 is 14.3 Å². The van der Waals surface area contributed by atoms with Crippen LogP contribution in [0.15, 0.2) is 24.3 Å². The van der Waals surface area contributed by atoms with Gasteiger partial charge in [-0.05, 0) is 25.5 Å². The van der Waals surface area contributed by atoms with Crippen LogP contribution in [0.4, 0.5) is 4.79 Å². The van der Waals surface area contributed by atoms with Crippen LogP contribution in [-0.4, -0.2) is 12.8 Å². The summed E-state index contributed by atoms with van der Waals surface area (Å²) in [5.41, 5.74) is 1.13. The highest BCUT2D eigenvalue weighted by molar-refractivity contribution is 5.63. The summed E-state index contributed by atoms with van der Waals surface area (Å²) in [6.07, 6.45) is 6.42. The van der Waals surface area contributed by atoms with E-state index in [0.29, 0.717) is 12.4 Å². The van der Waals surface area contributed by atoms with E-state index >= 15 is 0 Å². The van der Waals surface area contributed by atoms with E-state index in [9.17, 15) is 4.79 Å². The summed E-state index contributed by atoms with van der Waals surface area (Å²) in [6, 6.07) is 7.33. The van der Waals surface area contributed by atoms with Gasteiger partial charge in [-0.3, -0.25) is 0 Å². The number of rotatable bonds is 8. The van der Waals surface area contributed by atoms with Crippen LogP contribution in [0, 0.1) is 6.92 Å². The fourth-order valence-electron chi connectivity index (χ4n) is 1.77. The van der Waals surface area contributed by atoms with Gasteiger partial charge in [-0.1, -0.05) is 56.7 Å². The standard InChI is InChI=1S/C16H24O3/c1-3-4-5-6-7-8-13-18-16(17)19-15-11-9-14(2)10-12-15/h9-12H,3-8,13H2,1-2H3. The van der Waals surface area contributed by atoms with E-state index in [1.54, 1.807) is 12.1 Å². The van der Waals surface area contributed by atoms with Gasteiger partial charge in [0.1, 0.15) is 5.75 Å². The molecule has 0 aliphatic carbocycles. The summed E-state index contributed by atoms with van der Waals surface area (Å²) in [5, 5.41) is 0. The van der Waals surface area contributed by atoms with Gasteiger partial charge in [-0.15, -0.1) is 0 Å². The first-order valence-corrected chi connectivity index (χ1v) is 7.13. The summed E-state index contributed by atoms with van der Waals surface area (Å²) in [6.45, 7) is 4.63. The molecule has 1 rings (SSSR count). The Bertz CT molecular complexity index is 357. The minimum absolute atomic E-state index is 0.441. The average molecular weight is 264 g/mol. The summed E-state index contributed by atoms with van der Waals surface area (Å²) < 4.78 is 10.1. The zero-order valence-corrected chi connectivity index (χ0v) is 12.0. The Labute approximate surface area is 115 Å². The van der Waals surface area contributed by atoms with Gasteiger partial charge in [0, 0.05) is 0 Å². The Hall–Kier alpha value is -1.51. The largest absolute Gasteiger partial charge is 0.513 e. The molecule has 3 heteroatoms. The fraction of sp³-hybridized carbons (Fsp3) is 0.562. The molecule has 0 aromatic heterocycles. The Morgan fingerprint density at radius 3 is 2.32 bits per heavy atom. The second-order valence-electron chi connectivity index (χ2n) is 4.78. The molecular weight excluding hydrogens is 240 g/mol. The van der Waals surface area contributed by atoms with Gasteiger partial charge in [0.15, 0.2) is 0 Å². The van der Waals surface area contributed by atoms with Gasteiger partial charge in [0.05, 0.1) is 6.61 Å². The highest BCUT2D eigenvalue weighted by atomic mass is 16.7. The molecule has 0 spiro atoms. The van der Waals surface area contributed by atoms with Crippen LogP contribution in [0.1, 0.15) is 51.0 Å². The fourth-order valence-corrected chi connectivity index (χ4v) is 1.77. The Morgan fingerprint density at radius 1 is 1.00 bits per heavy atom. The van der Waals surface area contributed by atoms with E-state index in [1.807, 2.05) is 19.1 Å². The molecule has 3 nitrogen and oxygen atoms in total. The lowest BCUT2D eigenvalue weighted by molar-refractivity contribution is 0.0973. The van der Waals surface area contributed by atoms with Crippen molar-refractivity contribution >= 4 is 6.16 Å². The molecule has 0 aliphatic heterocycles. The van der Waals surface area contributed by atoms with Crippen molar-refractivity contribution in [3.8, 4) is 5.75 Å². The summed E-state index contributed by atoms with van der Waals surface area (Å²) in [4.78, 5) is 11.4. The number of hydrogen-bond acceptors (Lipinski definition) is 3. The topological polar surface area (TPSA) is 35.5 Å². The van der Waals surface area contributed by atoms with Crippen LogP contribution in [0.2, 0.25) is 0 Å². The van der Waals surface area contributed by atoms with E-state index in [1.165, 1.54) is 25.7 Å². The van der Waals surface area contributed by atoms with Crippen LogP contribution >= 0.6 is 0 Å². The molecule has 0 amide bonds. The molecule has 0 bridgehead atoms. The molecule has 1 aromatic rings. The van der Waals surface area contributed by atoms with Crippen molar-refractivity contribution in [3.05, 3.63) is 29.8 Å². The molecule has 106 valence electrons. The van der Waals surface area contributed by atoms with Crippen molar-refractivity contribution in [3.63, 3.8) is 0 Å². The lowest BCUT2D eigenvalue weighted by Crippen LogP contribution is -2.11. The predicted octanol–water partition coefficient (Wildman–Crippen LogP) is 4.87. The quantitative estimate of drug-likeness (QED) is 0.381. The smallest absolute Gasteiger partial charge is 0.434 e. The highest BCUT2D eigenvalue weighted by Gasteiger charge is 2.05. The zero-order chi connectivity index (χ0) is 13.9. The maximum Gasteiger partial charge on any atom is 0.513 e. The maximum absolute atomic E-state index is 11.4. The minimum atomic E-state index is -0.614. The number of carbonyl (C=O) groups excluding carboxylic acids is 1. The van der Waals surface area contributed by atoms with Gasteiger partial charge < -0.3 is 9.47 Å². The first-order chi connectivity index (χ1) is 9.22. The number of unbranched alkanes of at least 4 members (excludes halogenated alkanes) is 5. The third kappa shape index (κ3) is 7.50. The summed E-state index contributed by atoms with van der Waals surface area (Å²) in [5.74, 6) is 0.526. The SMILES string of the molecule is CCCCCCCCOC(=O)Oc1ccc(C)cc1. The van der Waals surface area contributed by atoms with Crippen molar-refractivity contribution in [2.75, 3.05) is 6.61 Å². The summed E-state index contributed by atoms with van der Waals surface area (Å²) >= 11 is 0. The normalized spacial score (nSPS) is 10.2. The number of benzene rings is 1. The second kappa shape index (κ2) is 9.42. The van der Waals surface area contributed by atoms with Gasteiger partial charge >= 0.3 is 6.16 Å². The molecule has 0 radical (unpaired) electrons. The average Bonchev–Trinajstić information content (AvgIpc) is 2.40. The van der Waals surface area contributed by atoms with Gasteiger partial charge in [-0.2, -0.15) is 0 Å². The third-order valence-corrected chi connectivity index (χ3v) is 2.94. The lowest BCUT2D eigenvalue weighted by atomic mass is 10.1. The molecule has 0 fully saturated rings. The molecule has 0 unspecified atom stereocenters.